The molecule has 176 valence electrons. The third-order valence-corrected chi connectivity index (χ3v) is 4.81. The number of aliphatic hydroxyl groups excluding tert-OH is 3. The average molecular weight is 464 g/mol. The standard InChI is InChI=1S/C21H20O12/c22-10-3-1-8(5-12(10)24)2-4-11(23)15-13(25)6-9(7-14(15)26)32-21-18(29)16(27)17(28)19(33-21)20(30)31/h1-7,16-19,21-22,24-29H,(H,30,31). The molecule has 1 fully saturated rings. The van der Waals surface area contributed by atoms with Gasteiger partial charge in [-0.15, -0.1) is 0 Å². The smallest absolute Gasteiger partial charge is 0.335 e. The van der Waals surface area contributed by atoms with Gasteiger partial charge in [0.15, 0.2) is 23.4 Å². The van der Waals surface area contributed by atoms with E-state index in [0.717, 1.165) is 18.2 Å². The molecule has 5 unspecified atom stereocenters. The second kappa shape index (κ2) is 9.34. The van der Waals surface area contributed by atoms with Crippen molar-refractivity contribution in [2.24, 2.45) is 0 Å². The molecule has 0 saturated carbocycles. The zero-order valence-electron chi connectivity index (χ0n) is 16.6. The van der Waals surface area contributed by atoms with Crippen LogP contribution in [-0.2, 0) is 9.53 Å². The normalized spacial score (nSPS) is 25.1. The minimum Gasteiger partial charge on any atom is -0.507 e. The van der Waals surface area contributed by atoms with Crippen molar-refractivity contribution in [3.8, 4) is 28.7 Å². The number of carbonyl (C=O) groups excluding carboxylic acids is 1. The first-order valence-corrected chi connectivity index (χ1v) is 9.39. The third kappa shape index (κ3) is 4.99. The first kappa shape index (κ1) is 23.8. The first-order valence-electron chi connectivity index (χ1n) is 9.39. The summed E-state index contributed by atoms with van der Waals surface area (Å²) in [5.41, 5.74) is -0.166. The van der Waals surface area contributed by atoms with E-state index in [0.29, 0.717) is 5.56 Å². The van der Waals surface area contributed by atoms with Crippen molar-refractivity contribution in [3.05, 3.63) is 47.5 Å². The molecule has 0 radical (unpaired) electrons. The van der Waals surface area contributed by atoms with Gasteiger partial charge >= 0.3 is 5.97 Å². The number of carboxylic acid groups (broad SMARTS) is 1. The van der Waals surface area contributed by atoms with Crippen molar-refractivity contribution in [3.63, 3.8) is 0 Å². The summed E-state index contributed by atoms with van der Waals surface area (Å²) >= 11 is 0. The summed E-state index contributed by atoms with van der Waals surface area (Å²) in [5, 5.41) is 77.7. The van der Waals surface area contributed by atoms with Gasteiger partial charge in [-0.2, -0.15) is 0 Å². The Hall–Kier alpha value is -3.84. The highest BCUT2D eigenvalue weighted by molar-refractivity contribution is 6.10. The summed E-state index contributed by atoms with van der Waals surface area (Å²) in [7, 11) is 0. The molecule has 12 nitrogen and oxygen atoms in total. The van der Waals surface area contributed by atoms with Gasteiger partial charge in [0.05, 0.1) is 0 Å². The van der Waals surface area contributed by atoms with Crippen molar-refractivity contribution < 1.29 is 59.9 Å². The Morgan fingerprint density at radius 3 is 2.06 bits per heavy atom. The number of hydrogen-bond donors (Lipinski definition) is 8. The van der Waals surface area contributed by atoms with Gasteiger partial charge in [0.1, 0.15) is 41.1 Å². The molecule has 1 saturated heterocycles. The number of phenolic OH excluding ortho intramolecular Hbond substituents is 4. The van der Waals surface area contributed by atoms with Gasteiger partial charge in [0, 0.05) is 12.1 Å². The molecule has 5 atom stereocenters. The average Bonchev–Trinajstić information content (AvgIpc) is 2.74. The van der Waals surface area contributed by atoms with E-state index in [1.165, 1.54) is 24.3 Å². The Labute approximate surface area is 185 Å². The predicted octanol–water partition coefficient (Wildman–Crippen LogP) is -0.324. The highest BCUT2D eigenvalue weighted by Crippen LogP contribution is 2.35. The number of allylic oxidation sites excluding steroid dienone is 1. The Bertz CT molecular complexity index is 1070. The molecule has 0 aromatic heterocycles. The van der Waals surface area contributed by atoms with Gasteiger partial charge in [0.25, 0.3) is 0 Å². The number of aliphatic hydroxyl groups is 3. The van der Waals surface area contributed by atoms with Crippen LogP contribution in [0.3, 0.4) is 0 Å². The lowest BCUT2D eigenvalue weighted by molar-refractivity contribution is -0.271. The zero-order valence-corrected chi connectivity index (χ0v) is 16.6. The van der Waals surface area contributed by atoms with Crippen LogP contribution in [0.25, 0.3) is 6.08 Å². The Morgan fingerprint density at radius 2 is 1.48 bits per heavy atom. The van der Waals surface area contributed by atoms with Crippen LogP contribution in [0, 0.1) is 0 Å². The largest absolute Gasteiger partial charge is 0.507 e. The van der Waals surface area contributed by atoms with Gasteiger partial charge in [-0.3, -0.25) is 4.79 Å². The molecule has 1 heterocycles. The van der Waals surface area contributed by atoms with E-state index in [1.807, 2.05) is 0 Å². The van der Waals surface area contributed by atoms with Crippen molar-refractivity contribution in [1.82, 2.24) is 0 Å². The van der Waals surface area contributed by atoms with Crippen molar-refractivity contribution in [2.75, 3.05) is 0 Å². The van der Waals surface area contributed by atoms with Gasteiger partial charge in [0.2, 0.25) is 6.29 Å². The topological polar surface area (TPSA) is 214 Å². The minimum absolute atomic E-state index is 0.342. The van der Waals surface area contributed by atoms with Crippen LogP contribution in [0.1, 0.15) is 15.9 Å². The van der Waals surface area contributed by atoms with Crippen LogP contribution in [0.15, 0.2) is 36.4 Å². The van der Waals surface area contributed by atoms with E-state index in [1.54, 1.807) is 0 Å². The molecule has 2 aromatic carbocycles. The lowest BCUT2D eigenvalue weighted by Crippen LogP contribution is -2.61. The van der Waals surface area contributed by atoms with Crippen molar-refractivity contribution in [1.29, 1.82) is 0 Å². The minimum atomic E-state index is -1.93. The SMILES string of the molecule is O=C(C=Cc1ccc(O)c(O)c1)c1c(O)cc(OC2OC(C(=O)O)C(O)C(O)C2O)cc1O. The van der Waals surface area contributed by atoms with Crippen LogP contribution in [0.4, 0.5) is 0 Å². The number of aromatic hydroxyl groups is 4. The summed E-state index contributed by atoms with van der Waals surface area (Å²) in [6, 6.07) is 5.56. The van der Waals surface area contributed by atoms with E-state index in [9.17, 15) is 45.3 Å². The summed E-state index contributed by atoms with van der Waals surface area (Å²) in [4.78, 5) is 23.6. The number of phenols is 4. The number of benzene rings is 2. The molecular formula is C21H20O12. The van der Waals surface area contributed by atoms with Crippen LogP contribution in [0.2, 0.25) is 0 Å². The van der Waals surface area contributed by atoms with Crippen LogP contribution in [0.5, 0.6) is 28.7 Å². The summed E-state index contributed by atoms with van der Waals surface area (Å²) in [5.74, 6) is -5.02. The predicted molar refractivity (Wildman–Crippen MR) is 108 cm³/mol. The van der Waals surface area contributed by atoms with Crippen LogP contribution < -0.4 is 4.74 Å². The molecule has 0 bridgehead atoms. The zero-order chi connectivity index (χ0) is 24.4. The fourth-order valence-electron chi connectivity index (χ4n) is 3.09. The van der Waals surface area contributed by atoms with E-state index >= 15 is 0 Å². The quantitative estimate of drug-likeness (QED) is 0.157. The molecule has 1 aliphatic heterocycles. The van der Waals surface area contributed by atoms with E-state index in [2.05, 4.69) is 0 Å². The van der Waals surface area contributed by atoms with Crippen LogP contribution in [-0.4, -0.2) is 83.3 Å². The highest BCUT2D eigenvalue weighted by Gasteiger charge is 2.48. The summed E-state index contributed by atoms with van der Waals surface area (Å²) < 4.78 is 10.2. The summed E-state index contributed by atoms with van der Waals surface area (Å²) in [6.45, 7) is 0. The number of carbonyl (C=O) groups is 2. The lowest BCUT2D eigenvalue weighted by Gasteiger charge is -2.38. The monoisotopic (exact) mass is 464 g/mol. The number of ketones is 1. The number of rotatable bonds is 6. The number of hydrogen-bond acceptors (Lipinski definition) is 11. The molecule has 12 heteroatoms. The summed E-state index contributed by atoms with van der Waals surface area (Å²) in [6.07, 6.45) is -7.17. The number of aliphatic carboxylic acids is 1. The molecule has 0 amide bonds. The van der Waals surface area contributed by atoms with Gasteiger partial charge in [-0.1, -0.05) is 12.1 Å². The molecule has 3 rings (SSSR count). The Balaban J connectivity index is 1.79. The second-order valence-corrected chi connectivity index (χ2v) is 7.14. The number of carboxylic acids is 1. The Kier molecular flexibility index (Phi) is 6.74. The Morgan fingerprint density at radius 1 is 0.848 bits per heavy atom. The van der Waals surface area contributed by atoms with Crippen molar-refractivity contribution >= 4 is 17.8 Å². The molecule has 0 spiro atoms. The molecule has 1 aliphatic rings. The number of ether oxygens (including phenoxy) is 2. The van der Waals surface area contributed by atoms with E-state index in [4.69, 9.17) is 14.6 Å². The van der Waals surface area contributed by atoms with Gasteiger partial charge in [-0.05, 0) is 23.8 Å². The first-order chi connectivity index (χ1) is 15.5. The molecule has 8 N–H and O–H groups in total. The third-order valence-electron chi connectivity index (χ3n) is 4.81. The lowest BCUT2D eigenvalue weighted by atomic mass is 9.99. The van der Waals surface area contributed by atoms with E-state index < -0.39 is 65.3 Å². The molecule has 33 heavy (non-hydrogen) atoms. The van der Waals surface area contributed by atoms with Gasteiger partial charge in [-0.25, -0.2) is 4.79 Å². The fourth-order valence-corrected chi connectivity index (χ4v) is 3.09. The maximum atomic E-state index is 12.4. The van der Waals surface area contributed by atoms with Crippen molar-refractivity contribution in [2.45, 2.75) is 30.7 Å². The second-order valence-electron chi connectivity index (χ2n) is 7.14. The van der Waals surface area contributed by atoms with Crippen LogP contribution >= 0.6 is 0 Å². The van der Waals surface area contributed by atoms with E-state index in [-0.39, 0.29) is 11.5 Å². The highest BCUT2D eigenvalue weighted by atomic mass is 16.7. The van der Waals surface area contributed by atoms with Gasteiger partial charge < -0.3 is 50.3 Å². The molecular weight excluding hydrogens is 444 g/mol. The molecule has 0 aliphatic carbocycles. The molecule has 2 aromatic rings. The fraction of sp³-hybridized carbons (Fsp3) is 0.238. The maximum absolute atomic E-state index is 12.4. The maximum Gasteiger partial charge on any atom is 0.335 e.